The SMILES string of the molecule is c1ccc(-c2ncc(-c3cnc(Cc4cccnc4)[nH]3)cn2)cc1. The van der Waals surface area contributed by atoms with Crippen molar-refractivity contribution >= 4 is 0 Å². The van der Waals surface area contributed by atoms with Crippen molar-refractivity contribution in [3.05, 3.63) is 84.8 Å². The van der Waals surface area contributed by atoms with Crippen molar-refractivity contribution in [3.8, 4) is 22.6 Å². The highest BCUT2D eigenvalue weighted by Gasteiger charge is 2.06. The van der Waals surface area contributed by atoms with E-state index in [9.17, 15) is 0 Å². The second-order valence-electron chi connectivity index (χ2n) is 5.44. The van der Waals surface area contributed by atoms with Gasteiger partial charge in [-0.15, -0.1) is 0 Å². The lowest BCUT2D eigenvalue weighted by atomic mass is 10.2. The molecular formula is C19H15N5. The van der Waals surface area contributed by atoms with Crippen molar-refractivity contribution in [1.82, 2.24) is 24.9 Å². The Hall–Kier alpha value is -3.34. The molecule has 0 amide bonds. The van der Waals surface area contributed by atoms with Crippen molar-refractivity contribution in [3.63, 3.8) is 0 Å². The lowest BCUT2D eigenvalue weighted by Gasteiger charge is -2.01. The second-order valence-corrected chi connectivity index (χ2v) is 5.44. The molecule has 0 bridgehead atoms. The van der Waals surface area contributed by atoms with Gasteiger partial charge in [0.05, 0.1) is 11.9 Å². The van der Waals surface area contributed by atoms with E-state index in [0.717, 1.165) is 40.5 Å². The van der Waals surface area contributed by atoms with Crippen molar-refractivity contribution < 1.29 is 0 Å². The van der Waals surface area contributed by atoms with E-state index in [-0.39, 0.29) is 0 Å². The normalized spacial score (nSPS) is 10.7. The molecule has 0 aliphatic carbocycles. The van der Waals surface area contributed by atoms with Crippen molar-refractivity contribution in [2.45, 2.75) is 6.42 Å². The number of hydrogen-bond donors (Lipinski definition) is 1. The number of H-pyrrole nitrogens is 1. The second kappa shape index (κ2) is 6.42. The van der Waals surface area contributed by atoms with Gasteiger partial charge in [-0.1, -0.05) is 36.4 Å². The molecule has 0 unspecified atom stereocenters. The maximum Gasteiger partial charge on any atom is 0.159 e. The molecule has 24 heavy (non-hydrogen) atoms. The molecular weight excluding hydrogens is 298 g/mol. The molecule has 116 valence electrons. The Morgan fingerprint density at radius 3 is 2.33 bits per heavy atom. The third-order valence-corrected chi connectivity index (χ3v) is 3.72. The highest BCUT2D eigenvalue weighted by molar-refractivity contribution is 5.60. The summed E-state index contributed by atoms with van der Waals surface area (Å²) in [4.78, 5) is 20.8. The monoisotopic (exact) mass is 313 g/mol. The summed E-state index contributed by atoms with van der Waals surface area (Å²) in [6.45, 7) is 0. The van der Waals surface area contributed by atoms with Gasteiger partial charge in [-0.25, -0.2) is 15.0 Å². The molecule has 4 rings (SSSR count). The number of benzene rings is 1. The molecule has 1 aromatic carbocycles. The number of imidazole rings is 1. The molecule has 5 heteroatoms. The van der Waals surface area contributed by atoms with E-state index in [2.05, 4.69) is 24.9 Å². The summed E-state index contributed by atoms with van der Waals surface area (Å²) in [6, 6.07) is 13.9. The van der Waals surface area contributed by atoms with Crippen LogP contribution in [0.4, 0.5) is 0 Å². The zero-order chi connectivity index (χ0) is 16.2. The molecule has 0 saturated carbocycles. The lowest BCUT2D eigenvalue weighted by Crippen LogP contribution is -1.92. The molecule has 0 saturated heterocycles. The number of pyridine rings is 1. The molecule has 4 aromatic rings. The summed E-state index contributed by atoms with van der Waals surface area (Å²) in [5.41, 5.74) is 3.95. The third-order valence-electron chi connectivity index (χ3n) is 3.72. The van der Waals surface area contributed by atoms with Crippen LogP contribution in [0.5, 0.6) is 0 Å². The Kier molecular flexibility index (Phi) is 3.81. The van der Waals surface area contributed by atoms with Gasteiger partial charge in [-0.05, 0) is 11.6 Å². The first-order valence-corrected chi connectivity index (χ1v) is 7.69. The fourth-order valence-electron chi connectivity index (χ4n) is 2.50. The summed E-state index contributed by atoms with van der Waals surface area (Å²) in [6.07, 6.45) is 9.78. The molecule has 3 heterocycles. The van der Waals surface area contributed by atoms with Gasteiger partial charge in [0.25, 0.3) is 0 Å². The maximum absolute atomic E-state index is 4.45. The van der Waals surface area contributed by atoms with Crippen LogP contribution in [-0.4, -0.2) is 24.9 Å². The average Bonchev–Trinajstić information content (AvgIpc) is 3.12. The molecule has 0 atom stereocenters. The minimum atomic E-state index is 0.717. The van der Waals surface area contributed by atoms with Crippen LogP contribution in [0.2, 0.25) is 0 Å². The van der Waals surface area contributed by atoms with Crippen LogP contribution in [0.15, 0.2) is 73.4 Å². The number of nitrogens with zero attached hydrogens (tertiary/aromatic N) is 4. The smallest absolute Gasteiger partial charge is 0.159 e. The largest absolute Gasteiger partial charge is 0.342 e. The van der Waals surface area contributed by atoms with Crippen LogP contribution >= 0.6 is 0 Å². The molecule has 3 aromatic heterocycles. The van der Waals surface area contributed by atoms with E-state index in [1.807, 2.05) is 67.3 Å². The average molecular weight is 313 g/mol. The molecule has 0 spiro atoms. The van der Waals surface area contributed by atoms with E-state index in [0.29, 0.717) is 0 Å². The van der Waals surface area contributed by atoms with E-state index in [4.69, 9.17) is 0 Å². The van der Waals surface area contributed by atoms with Crippen LogP contribution in [0.3, 0.4) is 0 Å². The highest BCUT2D eigenvalue weighted by Crippen LogP contribution is 2.19. The number of aromatic amines is 1. The fraction of sp³-hybridized carbons (Fsp3) is 0.0526. The number of hydrogen-bond acceptors (Lipinski definition) is 4. The predicted octanol–water partition coefficient (Wildman–Crippen LogP) is 3.52. The first-order valence-electron chi connectivity index (χ1n) is 7.69. The summed E-state index contributed by atoms with van der Waals surface area (Å²) >= 11 is 0. The molecule has 0 radical (unpaired) electrons. The van der Waals surface area contributed by atoms with Crippen LogP contribution in [0.1, 0.15) is 11.4 Å². The quantitative estimate of drug-likeness (QED) is 0.626. The summed E-state index contributed by atoms with van der Waals surface area (Å²) < 4.78 is 0. The molecule has 0 fully saturated rings. The van der Waals surface area contributed by atoms with E-state index in [1.54, 1.807) is 6.20 Å². The molecule has 0 aliphatic rings. The van der Waals surface area contributed by atoms with Gasteiger partial charge >= 0.3 is 0 Å². The van der Waals surface area contributed by atoms with E-state index >= 15 is 0 Å². The van der Waals surface area contributed by atoms with Crippen molar-refractivity contribution in [2.75, 3.05) is 0 Å². The Labute approximate surface area is 139 Å². The summed E-state index contributed by atoms with van der Waals surface area (Å²) in [5.74, 6) is 1.61. The Morgan fingerprint density at radius 2 is 1.58 bits per heavy atom. The Bertz CT molecular complexity index is 915. The van der Waals surface area contributed by atoms with Gasteiger partial charge in [0.2, 0.25) is 0 Å². The first-order chi connectivity index (χ1) is 11.9. The Morgan fingerprint density at radius 1 is 0.750 bits per heavy atom. The minimum Gasteiger partial charge on any atom is -0.342 e. The van der Waals surface area contributed by atoms with Crippen molar-refractivity contribution in [2.24, 2.45) is 0 Å². The number of aromatic nitrogens is 5. The third kappa shape index (κ3) is 3.05. The molecule has 5 nitrogen and oxygen atoms in total. The summed E-state index contributed by atoms with van der Waals surface area (Å²) in [7, 11) is 0. The Balaban J connectivity index is 1.54. The van der Waals surface area contributed by atoms with Crippen LogP contribution in [0.25, 0.3) is 22.6 Å². The van der Waals surface area contributed by atoms with Gasteiger partial charge in [0.15, 0.2) is 5.82 Å². The van der Waals surface area contributed by atoms with Gasteiger partial charge in [-0.2, -0.15) is 0 Å². The summed E-state index contributed by atoms with van der Waals surface area (Å²) in [5, 5.41) is 0. The molecule has 1 N–H and O–H groups in total. The topological polar surface area (TPSA) is 67.3 Å². The van der Waals surface area contributed by atoms with Crippen LogP contribution in [-0.2, 0) is 6.42 Å². The van der Waals surface area contributed by atoms with Crippen molar-refractivity contribution in [1.29, 1.82) is 0 Å². The highest BCUT2D eigenvalue weighted by atomic mass is 14.9. The van der Waals surface area contributed by atoms with E-state index < -0.39 is 0 Å². The molecule has 0 aliphatic heterocycles. The fourth-order valence-corrected chi connectivity index (χ4v) is 2.50. The van der Waals surface area contributed by atoms with Gasteiger partial charge < -0.3 is 4.98 Å². The zero-order valence-corrected chi connectivity index (χ0v) is 12.9. The van der Waals surface area contributed by atoms with Gasteiger partial charge in [0.1, 0.15) is 5.82 Å². The minimum absolute atomic E-state index is 0.717. The predicted molar refractivity (Wildman–Crippen MR) is 92.1 cm³/mol. The van der Waals surface area contributed by atoms with Gasteiger partial charge in [-0.3, -0.25) is 4.98 Å². The standard InChI is InChI=1S/C19H15N5/c1-2-6-15(7-3-1)19-22-11-16(12-23-19)17-13-21-18(24-17)9-14-5-4-8-20-10-14/h1-8,10-13H,9H2,(H,21,24). The number of nitrogens with one attached hydrogen (secondary N) is 1. The lowest BCUT2D eigenvalue weighted by molar-refractivity contribution is 1.01. The van der Waals surface area contributed by atoms with E-state index in [1.165, 1.54) is 0 Å². The zero-order valence-electron chi connectivity index (χ0n) is 12.9. The number of rotatable bonds is 4. The first kappa shape index (κ1) is 14.3. The maximum atomic E-state index is 4.45. The van der Waals surface area contributed by atoms with Crippen LogP contribution < -0.4 is 0 Å². The van der Waals surface area contributed by atoms with Gasteiger partial charge in [0, 0.05) is 42.3 Å². The van der Waals surface area contributed by atoms with Crippen LogP contribution in [0, 0.1) is 0 Å².